The summed E-state index contributed by atoms with van der Waals surface area (Å²) in [5, 5.41) is 0. The Bertz CT molecular complexity index is 1290. The Morgan fingerprint density at radius 3 is 1.82 bits per heavy atom. The van der Waals surface area contributed by atoms with Crippen LogP contribution < -0.4 is 0 Å². The molecule has 28 heavy (non-hydrogen) atoms. The van der Waals surface area contributed by atoms with Gasteiger partial charge in [0.2, 0.25) is 0 Å². The first-order valence-electron chi connectivity index (χ1n) is 9.52. The number of aromatic nitrogens is 4. The summed E-state index contributed by atoms with van der Waals surface area (Å²) in [6, 6.07) is 14.6. The van der Waals surface area contributed by atoms with Gasteiger partial charge in [0, 0.05) is 27.6 Å². The molecule has 4 heteroatoms. The SMILES string of the molecule is CC(C)(C)c1c2nc(cc3ccc(cc4nc(cc5ccc1[nH]5)C=C4)[nH]3)C=C2. The molecule has 5 heterocycles. The predicted molar refractivity (Wildman–Crippen MR) is 118 cm³/mol. The van der Waals surface area contributed by atoms with Crippen molar-refractivity contribution in [2.75, 3.05) is 0 Å². The average Bonchev–Trinajstić information content (AvgIpc) is 3.38. The lowest BCUT2D eigenvalue weighted by molar-refractivity contribution is 0.591. The van der Waals surface area contributed by atoms with Gasteiger partial charge in [-0.05, 0) is 72.2 Å². The van der Waals surface area contributed by atoms with Gasteiger partial charge in [-0.15, -0.1) is 0 Å². The molecule has 5 rings (SSSR count). The lowest BCUT2D eigenvalue weighted by Crippen LogP contribution is -2.13. The number of aromatic amines is 2. The van der Waals surface area contributed by atoms with Gasteiger partial charge in [0.1, 0.15) is 0 Å². The van der Waals surface area contributed by atoms with Crippen molar-refractivity contribution in [2.45, 2.75) is 26.2 Å². The van der Waals surface area contributed by atoms with Crippen molar-refractivity contribution >= 4 is 46.4 Å². The van der Waals surface area contributed by atoms with E-state index in [4.69, 9.17) is 9.97 Å². The van der Waals surface area contributed by atoms with Crippen LogP contribution in [0.3, 0.4) is 0 Å². The van der Waals surface area contributed by atoms with E-state index >= 15 is 0 Å². The Hall–Kier alpha value is -3.40. The Morgan fingerprint density at radius 1 is 0.643 bits per heavy atom. The van der Waals surface area contributed by atoms with Crippen molar-refractivity contribution in [3.05, 3.63) is 70.8 Å². The highest BCUT2D eigenvalue weighted by molar-refractivity contribution is 5.80. The fourth-order valence-electron chi connectivity index (χ4n) is 3.80. The summed E-state index contributed by atoms with van der Waals surface area (Å²) < 4.78 is 0. The average molecular weight is 366 g/mol. The highest BCUT2D eigenvalue weighted by Gasteiger charge is 2.21. The molecule has 2 N–H and O–H groups in total. The number of rotatable bonds is 0. The summed E-state index contributed by atoms with van der Waals surface area (Å²) in [5.41, 5.74) is 9.17. The van der Waals surface area contributed by atoms with Crippen molar-refractivity contribution in [2.24, 2.45) is 0 Å². The number of nitrogens with one attached hydrogen (secondary N) is 2. The number of hydrogen-bond donors (Lipinski definition) is 2. The molecule has 4 nitrogen and oxygen atoms in total. The van der Waals surface area contributed by atoms with E-state index in [0.717, 1.165) is 44.8 Å². The van der Waals surface area contributed by atoms with Crippen molar-refractivity contribution in [1.82, 2.24) is 19.9 Å². The summed E-state index contributed by atoms with van der Waals surface area (Å²) in [6.07, 6.45) is 8.26. The van der Waals surface area contributed by atoms with Crippen molar-refractivity contribution in [3.8, 4) is 0 Å². The smallest absolute Gasteiger partial charge is 0.0695 e. The Morgan fingerprint density at radius 2 is 1.18 bits per heavy atom. The topological polar surface area (TPSA) is 57.4 Å². The second-order valence-corrected chi connectivity index (χ2v) is 8.30. The van der Waals surface area contributed by atoms with Crippen LogP contribution in [0.1, 0.15) is 49.1 Å². The Kier molecular flexibility index (Phi) is 3.63. The quantitative estimate of drug-likeness (QED) is 0.356. The molecule has 3 aromatic rings. The van der Waals surface area contributed by atoms with Gasteiger partial charge in [-0.3, -0.25) is 0 Å². The minimum Gasteiger partial charge on any atom is -0.355 e. The molecule has 0 radical (unpaired) electrons. The molecular weight excluding hydrogens is 344 g/mol. The Balaban J connectivity index is 1.91. The largest absolute Gasteiger partial charge is 0.355 e. The molecule has 0 spiro atoms. The fourth-order valence-corrected chi connectivity index (χ4v) is 3.80. The summed E-state index contributed by atoms with van der Waals surface area (Å²) in [5.74, 6) is 0. The maximum absolute atomic E-state index is 4.90. The second kappa shape index (κ2) is 6.06. The first kappa shape index (κ1) is 16.8. The molecular formula is C24H22N4. The summed E-state index contributed by atoms with van der Waals surface area (Å²) in [6.45, 7) is 6.67. The van der Waals surface area contributed by atoms with E-state index < -0.39 is 0 Å². The molecule has 0 aliphatic carbocycles. The lowest BCUT2D eigenvalue weighted by atomic mass is 9.85. The Labute approximate surface area is 163 Å². The van der Waals surface area contributed by atoms with Gasteiger partial charge in [-0.2, -0.15) is 0 Å². The number of fused-ring (bicyclic) bond motifs is 8. The maximum atomic E-state index is 4.90. The van der Waals surface area contributed by atoms with E-state index in [0.29, 0.717) is 0 Å². The van der Waals surface area contributed by atoms with Gasteiger partial charge in [0.25, 0.3) is 0 Å². The van der Waals surface area contributed by atoms with Gasteiger partial charge in [0.05, 0.1) is 22.8 Å². The molecule has 0 saturated heterocycles. The molecule has 138 valence electrons. The van der Waals surface area contributed by atoms with Crippen LogP contribution in [-0.2, 0) is 5.41 Å². The molecule has 0 fully saturated rings. The minimum atomic E-state index is -0.0491. The molecule has 8 bridgehead atoms. The van der Waals surface area contributed by atoms with Gasteiger partial charge in [0.15, 0.2) is 0 Å². The van der Waals surface area contributed by atoms with E-state index in [1.165, 1.54) is 5.56 Å². The minimum absolute atomic E-state index is 0.0491. The van der Waals surface area contributed by atoms with Crippen LogP contribution >= 0.6 is 0 Å². The van der Waals surface area contributed by atoms with E-state index in [-0.39, 0.29) is 5.41 Å². The molecule has 3 aromatic heterocycles. The van der Waals surface area contributed by atoms with Crippen LogP contribution in [0.25, 0.3) is 46.4 Å². The second-order valence-electron chi connectivity index (χ2n) is 8.30. The van der Waals surface area contributed by atoms with Crippen LogP contribution in [0.4, 0.5) is 0 Å². The van der Waals surface area contributed by atoms with Gasteiger partial charge >= 0.3 is 0 Å². The number of hydrogen-bond acceptors (Lipinski definition) is 2. The fraction of sp³-hybridized carbons (Fsp3) is 0.167. The third-order valence-corrected chi connectivity index (χ3v) is 4.97. The molecule has 0 atom stereocenters. The molecule has 2 aliphatic heterocycles. The van der Waals surface area contributed by atoms with Crippen LogP contribution in [0, 0.1) is 0 Å². The highest BCUT2D eigenvalue weighted by Crippen LogP contribution is 2.31. The number of H-pyrrole nitrogens is 2. The van der Waals surface area contributed by atoms with Crippen molar-refractivity contribution in [1.29, 1.82) is 0 Å². The zero-order chi connectivity index (χ0) is 19.3. The van der Waals surface area contributed by atoms with E-state index in [9.17, 15) is 0 Å². The van der Waals surface area contributed by atoms with Crippen LogP contribution in [0.15, 0.2) is 42.5 Å². The molecule has 2 aliphatic rings. The summed E-state index contributed by atoms with van der Waals surface area (Å²) in [4.78, 5) is 16.6. The van der Waals surface area contributed by atoms with Crippen molar-refractivity contribution in [3.63, 3.8) is 0 Å². The lowest BCUT2D eigenvalue weighted by Gasteiger charge is -2.20. The molecule has 0 saturated carbocycles. The van der Waals surface area contributed by atoms with E-state index in [1.54, 1.807) is 0 Å². The maximum Gasteiger partial charge on any atom is 0.0695 e. The van der Waals surface area contributed by atoms with Crippen LogP contribution in [0.5, 0.6) is 0 Å². The highest BCUT2D eigenvalue weighted by atomic mass is 14.8. The van der Waals surface area contributed by atoms with Gasteiger partial charge in [-0.25, -0.2) is 9.97 Å². The third-order valence-electron chi connectivity index (χ3n) is 4.97. The first-order valence-corrected chi connectivity index (χ1v) is 9.52. The molecule has 0 unspecified atom stereocenters. The van der Waals surface area contributed by atoms with E-state index in [1.807, 2.05) is 12.2 Å². The van der Waals surface area contributed by atoms with Crippen LogP contribution in [-0.4, -0.2) is 19.9 Å². The van der Waals surface area contributed by atoms with Crippen LogP contribution in [0.2, 0.25) is 0 Å². The first-order chi connectivity index (χ1) is 13.4. The molecule has 0 amide bonds. The predicted octanol–water partition coefficient (Wildman–Crippen LogP) is 5.95. The zero-order valence-corrected chi connectivity index (χ0v) is 16.2. The summed E-state index contributed by atoms with van der Waals surface area (Å²) in [7, 11) is 0. The van der Waals surface area contributed by atoms with Crippen molar-refractivity contribution < 1.29 is 0 Å². The number of nitrogens with zero attached hydrogens (tertiary/aromatic N) is 2. The summed E-state index contributed by atoms with van der Waals surface area (Å²) >= 11 is 0. The third kappa shape index (κ3) is 3.07. The van der Waals surface area contributed by atoms with Gasteiger partial charge < -0.3 is 9.97 Å². The zero-order valence-electron chi connectivity index (χ0n) is 16.2. The molecule has 0 aromatic carbocycles. The normalized spacial score (nSPS) is 13.2. The monoisotopic (exact) mass is 366 g/mol. The van der Waals surface area contributed by atoms with E-state index in [2.05, 4.69) is 85.4 Å². The standard InChI is InChI=1S/C24H22N4/c1-24(2,3)23-21-10-8-19(27-21)13-17-6-4-15(25-17)12-16-5-7-18(26-16)14-20-9-11-22(23)28-20/h4-14,25,28H,1-3H3. The van der Waals surface area contributed by atoms with Gasteiger partial charge in [-0.1, -0.05) is 20.8 Å².